The van der Waals surface area contributed by atoms with Gasteiger partial charge >= 0.3 is 0 Å². The summed E-state index contributed by atoms with van der Waals surface area (Å²) in [4.78, 5) is 2.61. The molecule has 2 aliphatic rings. The van der Waals surface area contributed by atoms with E-state index in [0.29, 0.717) is 5.41 Å². The molecule has 1 aliphatic heterocycles. The van der Waals surface area contributed by atoms with Crippen LogP contribution in [0.3, 0.4) is 0 Å². The van der Waals surface area contributed by atoms with E-state index in [1.807, 2.05) is 0 Å². The van der Waals surface area contributed by atoms with E-state index in [9.17, 15) is 0 Å². The zero-order valence-corrected chi connectivity index (χ0v) is 9.68. The van der Waals surface area contributed by atoms with Crippen LogP contribution in [0.5, 0.6) is 0 Å². The van der Waals surface area contributed by atoms with E-state index in [4.69, 9.17) is 0 Å². The average Bonchev–Trinajstić information content (AvgIpc) is 2.49. The van der Waals surface area contributed by atoms with Gasteiger partial charge in [0.2, 0.25) is 0 Å². The highest BCUT2D eigenvalue weighted by atomic mass is 15.2. The monoisotopic (exact) mass is 193 g/mol. The summed E-state index contributed by atoms with van der Waals surface area (Å²) in [7, 11) is 0. The van der Waals surface area contributed by atoms with E-state index in [0.717, 1.165) is 6.04 Å². The summed E-state index contributed by atoms with van der Waals surface area (Å²) in [5.41, 5.74) is 2.12. The van der Waals surface area contributed by atoms with E-state index < -0.39 is 0 Å². The summed E-state index contributed by atoms with van der Waals surface area (Å²) in [6.45, 7) is 11.5. The van der Waals surface area contributed by atoms with Gasteiger partial charge in [-0.15, -0.1) is 0 Å². The van der Waals surface area contributed by atoms with Crippen molar-refractivity contribution in [1.82, 2.24) is 4.90 Å². The van der Waals surface area contributed by atoms with Gasteiger partial charge in [-0.25, -0.2) is 0 Å². The maximum Gasteiger partial charge on any atom is 0.00386 e. The molecule has 0 aromatic rings. The third-order valence-electron chi connectivity index (χ3n) is 4.37. The zero-order chi connectivity index (χ0) is 10.2. The number of allylic oxidation sites excluding steroid dienone is 1. The van der Waals surface area contributed by atoms with Crippen molar-refractivity contribution in [2.45, 2.75) is 52.0 Å². The molecule has 0 unspecified atom stereocenters. The first kappa shape index (κ1) is 10.2. The Labute approximate surface area is 88.2 Å². The van der Waals surface area contributed by atoms with Gasteiger partial charge in [0.25, 0.3) is 0 Å². The molecule has 0 aromatic carbocycles. The normalized spacial score (nSPS) is 27.8. The average molecular weight is 193 g/mol. The summed E-state index contributed by atoms with van der Waals surface area (Å²) in [5, 5.41) is 0. The third kappa shape index (κ3) is 1.63. The number of nitrogens with zero attached hydrogens (tertiary/aromatic N) is 1. The fourth-order valence-electron chi connectivity index (χ4n) is 3.15. The fourth-order valence-corrected chi connectivity index (χ4v) is 3.15. The molecule has 1 heterocycles. The van der Waals surface area contributed by atoms with Crippen LogP contribution in [0.1, 0.15) is 46.0 Å². The summed E-state index contributed by atoms with van der Waals surface area (Å²) < 4.78 is 0. The molecule has 0 bridgehead atoms. The van der Waals surface area contributed by atoms with Gasteiger partial charge in [0.05, 0.1) is 0 Å². The second-order valence-corrected chi connectivity index (χ2v) is 5.37. The summed E-state index contributed by atoms with van der Waals surface area (Å²) >= 11 is 0. The number of likely N-dealkylation sites (tertiary alicyclic amines) is 1. The van der Waals surface area contributed by atoms with Crippen molar-refractivity contribution in [3.8, 4) is 0 Å². The van der Waals surface area contributed by atoms with E-state index in [2.05, 4.69) is 25.3 Å². The largest absolute Gasteiger partial charge is 0.301 e. The van der Waals surface area contributed by atoms with Crippen molar-refractivity contribution in [2.24, 2.45) is 5.41 Å². The first-order valence-electron chi connectivity index (χ1n) is 6.06. The molecule has 0 N–H and O–H groups in total. The smallest absolute Gasteiger partial charge is 0.00386 e. The second kappa shape index (κ2) is 3.69. The van der Waals surface area contributed by atoms with Crippen molar-refractivity contribution >= 4 is 0 Å². The molecule has 1 saturated carbocycles. The molecule has 0 atom stereocenters. The number of hydrogen-bond acceptors (Lipinski definition) is 1. The van der Waals surface area contributed by atoms with Crippen LogP contribution < -0.4 is 0 Å². The van der Waals surface area contributed by atoms with Crippen molar-refractivity contribution in [2.75, 3.05) is 13.1 Å². The number of piperidine rings is 1. The maximum atomic E-state index is 4.28. The Morgan fingerprint density at radius 2 is 1.86 bits per heavy atom. The van der Waals surface area contributed by atoms with Crippen LogP contribution in [-0.4, -0.2) is 24.0 Å². The lowest BCUT2D eigenvalue weighted by Gasteiger charge is -2.42. The lowest BCUT2D eigenvalue weighted by Crippen LogP contribution is -2.42. The van der Waals surface area contributed by atoms with Crippen LogP contribution in [0.2, 0.25) is 0 Å². The Hall–Kier alpha value is -0.300. The SMILES string of the molecule is C=C1CCCC12CCN(C(C)C)CC2. The molecular weight excluding hydrogens is 170 g/mol. The number of hydrogen-bond donors (Lipinski definition) is 0. The molecule has 0 aromatic heterocycles. The zero-order valence-electron chi connectivity index (χ0n) is 9.68. The Bertz CT molecular complexity index is 221. The van der Waals surface area contributed by atoms with E-state index in [1.165, 1.54) is 45.2 Å². The molecule has 1 spiro atoms. The van der Waals surface area contributed by atoms with Gasteiger partial charge < -0.3 is 4.90 Å². The Morgan fingerprint density at radius 1 is 1.21 bits per heavy atom. The van der Waals surface area contributed by atoms with E-state index >= 15 is 0 Å². The summed E-state index contributed by atoms with van der Waals surface area (Å²) in [6, 6.07) is 0.724. The first-order chi connectivity index (χ1) is 6.64. The van der Waals surface area contributed by atoms with Crippen LogP contribution in [0, 0.1) is 5.41 Å². The van der Waals surface area contributed by atoms with Gasteiger partial charge in [-0.1, -0.05) is 12.2 Å². The second-order valence-electron chi connectivity index (χ2n) is 5.37. The van der Waals surface area contributed by atoms with Gasteiger partial charge in [-0.3, -0.25) is 0 Å². The molecule has 1 nitrogen and oxygen atoms in total. The fraction of sp³-hybridized carbons (Fsp3) is 0.846. The molecule has 0 radical (unpaired) electrons. The molecular formula is C13H23N. The Balaban J connectivity index is 1.98. The Kier molecular flexibility index (Phi) is 2.70. The van der Waals surface area contributed by atoms with Crippen molar-refractivity contribution in [3.63, 3.8) is 0 Å². The van der Waals surface area contributed by atoms with Crippen molar-refractivity contribution in [3.05, 3.63) is 12.2 Å². The van der Waals surface area contributed by atoms with Gasteiger partial charge in [0.1, 0.15) is 0 Å². The minimum atomic E-state index is 0.561. The topological polar surface area (TPSA) is 3.24 Å². The lowest BCUT2D eigenvalue weighted by atomic mass is 9.74. The molecule has 2 rings (SSSR count). The third-order valence-corrected chi connectivity index (χ3v) is 4.37. The molecule has 2 fully saturated rings. The van der Waals surface area contributed by atoms with Crippen molar-refractivity contribution in [1.29, 1.82) is 0 Å². The summed E-state index contributed by atoms with van der Waals surface area (Å²) in [5.74, 6) is 0. The highest BCUT2D eigenvalue weighted by molar-refractivity contribution is 5.16. The first-order valence-corrected chi connectivity index (χ1v) is 6.06. The van der Waals surface area contributed by atoms with Gasteiger partial charge in [0, 0.05) is 6.04 Å². The van der Waals surface area contributed by atoms with E-state index in [-0.39, 0.29) is 0 Å². The quantitative estimate of drug-likeness (QED) is 0.578. The molecule has 1 saturated heterocycles. The molecule has 1 aliphatic carbocycles. The Morgan fingerprint density at radius 3 is 2.29 bits per heavy atom. The van der Waals surface area contributed by atoms with Gasteiger partial charge in [0.15, 0.2) is 0 Å². The number of rotatable bonds is 1. The molecule has 14 heavy (non-hydrogen) atoms. The van der Waals surface area contributed by atoms with Crippen LogP contribution in [0.4, 0.5) is 0 Å². The van der Waals surface area contributed by atoms with Crippen LogP contribution in [0.15, 0.2) is 12.2 Å². The predicted molar refractivity (Wildman–Crippen MR) is 61.4 cm³/mol. The van der Waals surface area contributed by atoms with Crippen molar-refractivity contribution < 1.29 is 0 Å². The molecule has 80 valence electrons. The van der Waals surface area contributed by atoms with Gasteiger partial charge in [-0.2, -0.15) is 0 Å². The highest BCUT2D eigenvalue weighted by Crippen LogP contribution is 2.49. The minimum absolute atomic E-state index is 0.561. The summed E-state index contributed by atoms with van der Waals surface area (Å²) in [6.07, 6.45) is 6.83. The predicted octanol–water partition coefficient (Wildman–Crippen LogP) is 3.22. The van der Waals surface area contributed by atoms with E-state index in [1.54, 1.807) is 5.57 Å². The molecule has 1 heteroatoms. The highest BCUT2D eigenvalue weighted by Gasteiger charge is 2.39. The lowest BCUT2D eigenvalue weighted by molar-refractivity contribution is 0.110. The minimum Gasteiger partial charge on any atom is -0.301 e. The van der Waals surface area contributed by atoms with Crippen LogP contribution in [0.25, 0.3) is 0 Å². The van der Waals surface area contributed by atoms with Gasteiger partial charge in [-0.05, 0) is 64.5 Å². The maximum absolute atomic E-state index is 4.28. The van der Waals surface area contributed by atoms with Crippen LogP contribution in [-0.2, 0) is 0 Å². The standard InChI is InChI=1S/C13H23N/c1-11(2)14-9-7-13(8-10-14)6-4-5-12(13)3/h11H,3-10H2,1-2H3. The van der Waals surface area contributed by atoms with Crippen LogP contribution >= 0.6 is 0 Å². The molecule has 0 amide bonds.